The van der Waals surface area contributed by atoms with Crippen LogP contribution < -0.4 is 10.6 Å². The third-order valence-electron chi connectivity index (χ3n) is 2.93. The van der Waals surface area contributed by atoms with Crippen LogP contribution in [0.4, 0.5) is 0 Å². The molecule has 1 fully saturated rings. The van der Waals surface area contributed by atoms with Gasteiger partial charge in [0.05, 0.1) is 0 Å². The van der Waals surface area contributed by atoms with Crippen LogP contribution in [-0.4, -0.2) is 17.4 Å². The van der Waals surface area contributed by atoms with Crippen molar-refractivity contribution >= 4 is 33.6 Å². The van der Waals surface area contributed by atoms with E-state index in [-0.39, 0.29) is 11.4 Å². The fraction of sp³-hybridized carbons (Fsp3) is 0.462. The maximum absolute atomic E-state index is 11.5. The van der Waals surface area contributed by atoms with E-state index in [1.165, 1.54) is 5.56 Å². The lowest BCUT2D eigenvalue weighted by Gasteiger charge is -2.30. The Labute approximate surface area is 120 Å². The molecule has 2 rings (SSSR count). The molecule has 1 aliphatic heterocycles. The van der Waals surface area contributed by atoms with E-state index in [0.717, 1.165) is 16.6 Å². The highest BCUT2D eigenvalue weighted by atomic mass is 79.9. The molecule has 0 aromatic heterocycles. The fourth-order valence-corrected chi connectivity index (χ4v) is 3.18. The first-order chi connectivity index (χ1) is 8.67. The first-order valence-electron chi connectivity index (χ1n) is 6.09. The van der Waals surface area contributed by atoms with Crippen LogP contribution >= 0.6 is 27.7 Å². The Morgan fingerprint density at radius 1 is 1.39 bits per heavy atom. The molecule has 0 aliphatic carbocycles. The summed E-state index contributed by atoms with van der Waals surface area (Å²) in [4.78, 5) is 11.5. The van der Waals surface area contributed by atoms with E-state index >= 15 is 0 Å². The lowest BCUT2D eigenvalue weighted by molar-refractivity contribution is -0.123. The molecule has 18 heavy (non-hydrogen) atoms. The molecule has 0 radical (unpaired) electrons. The monoisotopic (exact) mass is 328 g/mol. The van der Waals surface area contributed by atoms with Crippen LogP contribution in [0.3, 0.4) is 0 Å². The minimum atomic E-state index is 0.0276. The molecule has 98 valence electrons. The Balaban J connectivity index is 1.85. The van der Waals surface area contributed by atoms with E-state index in [0.29, 0.717) is 12.5 Å². The van der Waals surface area contributed by atoms with Gasteiger partial charge in [0.1, 0.15) is 5.50 Å². The zero-order chi connectivity index (χ0) is 13.0. The minimum Gasteiger partial charge on any atom is -0.332 e. The maximum Gasteiger partial charge on any atom is 0.223 e. The number of nitrogens with one attached hydrogen (secondary N) is 2. The normalized spacial score (nSPS) is 23.8. The van der Waals surface area contributed by atoms with Crippen LogP contribution in [0.25, 0.3) is 0 Å². The molecule has 1 amide bonds. The molecule has 2 atom stereocenters. The summed E-state index contributed by atoms with van der Waals surface area (Å²) in [6, 6.07) is 8.58. The van der Waals surface area contributed by atoms with Crippen molar-refractivity contribution in [2.75, 3.05) is 0 Å². The van der Waals surface area contributed by atoms with Crippen molar-refractivity contribution in [1.29, 1.82) is 0 Å². The smallest absolute Gasteiger partial charge is 0.223 e. The first kappa shape index (κ1) is 13.9. The van der Waals surface area contributed by atoms with Crippen molar-refractivity contribution in [3.8, 4) is 0 Å². The molecule has 5 heteroatoms. The Hall–Kier alpha value is -0.520. The van der Waals surface area contributed by atoms with Crippen LogP contribution in [0, 0.1) is 0 Å². The van der Waals surface area contributed by atoms with Crippen molar-refractivity contribution in [2.45, 2.75) is 37.1 Å². The van der Waals surface area contributed by atoms with E-state index in [4.69, 9.17) is 0 Å². The van der Waals surface area contributed by atoms with E-state index in [2.05, 4.69) is 45.6 Å². The van der Waals surface area contributed by atoms with Crippen molar-refractivity contribution in [2.24, 2.45) is 0 Å². The number of hydrogen-bond donors (Lipinski definition) is 2. The molecular formula is C13H17BrN2OS. The summed E-state index contributed by atoms with van der Waals surface area (Å²) in [6.45, 7) is 2.10. The SMILES string of the molecule is CCC1CC(=O)NC(SCc2ccc(Br)cc2)N1. The molecule has 0 bridgehead atoms. The average Bonchev–Trinajstić information content (AvgIpc) is 2.37. The highest BCUT2D eigenvalue weighted by molar-refractivity contribution is 9.10. The molecule has 1 aromatic carbocycles. The second-order valence-corrected chi connectivity index (χ2v) is 6.37. The highest BCUT2D eigenvalue weighted by Gasteiger charge is 2.24. The van der Waals surface area contributed by atoms with E-state index in [1.807, 2.05) is 12.1 Å². The minimum absolute atomic E-state index is 0.0276. The lowest BCUT2D eigenvalue weighted by atomic mass is 10.1. The second-order valence-electron chi connectivity index (χ2n) is 4.36. The van der Waals surface area contributed by atoms with Gasteiger partial charge in [-0.05, 0) is 24.1 Å². The standard InChI is InChI=1S/C13H17BrN2OS/c1-2-11-7-12(17)16-13(15-11)18-8-9-3-5-10(14)6-4-9/h3-6,11,13,15H,2,7-8H2,1H3,(H,16,17). The van der Waals surface area contributed by atoms with Gasteiger partial charge in [-0.25, -0.2) is 0 Å². The molecular weight excluding hydrogens is 312 g/mol. The molecule has 1 aromatic rings. The van der Waals surface area contributed by atoms with Gasteiger partial charge in [-0.1, -0.05) is 35.0 Å². The molecule has 0 saturated carbocycles. The van der Waals surface area contributed by atoms with Gasteiger partial charge in [0, 0.05) is 22.7 Å². The lowest BCUT2D eigenvalue weighted by Crippen LogP contribution is -2.54. The van der Waals surface area contributed by atoms with Crippen LogP contribution in [-0.2, 0) is 10.5 Å². The average molecular weight is 329 g/mol. The van der Waals surface area contributed by atoms with E-state index in [1.54, 1.807) is 11.8 Å². The van der Waals surface area contributed by atoms with Gasteiger partial charge < -0.3 is 5.32 Å². The van der Waals surface area contributed by atoms with E-state index in [9.17, 15) is 4.79 Å². The van der Waals surface area contributed by atoms with E-state index < -0.39 is 0 Å². The number of hydrogen-bond acceptors (Lipinski definition) is 3. The Morgan fingerprint density at radius 3 is 2.78 bits per heavy atom. The van der Waals surface area contributed by atoms with Gasteiger partial charge in [0.2, 0.25) is 5.91 Å². The third-order valence-corrected chi connectivity index (χ3v) is 4.55. The number of amides is 1. The summed E-state index contributed by atoms with van der Waals surface area (Å²) in [5.41, 5.74) is 1.29. The molecule has 0 spiro atoms. The predicted molar refractivity (Wildman–Crippen MR) is 79.2 cm³/mol. The van der Waals surface area contributed by atoms with Crippen LogP contribution in [0.1, 0.15) is 25.3 Å². The number of halogens is 1. The van der Waals surface area contributed by atoms with Gasteiger partial charge >= 0.3 is 0 Å². The number of thioether (sulfide) groups is 1. The first-order valence-corrected chi connectivity index (χ1v) is 7.93. The number of carbonyl (C=O) groups is 1. The van der Waals surface area contributed by atoms with Crippen LogP contribution in [0.5, 0.6) is 0 Å². The van der Waals surface area contributed by atoms with Gasteiger partial charge in [-0.3, -0.25) is 10.1 Å². The molecule has 2 unspecified atom stereocenters. The van der Waals surface area contributed by atoms with Crippen molar-refractivity contribution in [1.82, 2.24) is 10.6 Å². The molecule has 3 nitrogen and oxygen atoms in total. The van der Waals surface area contributed by atoms with Crippen molar-refractivity contribution in [3.05, 3.63) is 34.3 Å². The predicted octanol–water partition coefficient (Wildman–Crippen LogP) is 2.85. The summed E-state index contributed by atoms with van der Waals surface area (Å²) < 4.78 is 1.09. The van der Waals surface area contributed by atoms with Gasteiger partial charge in [0.25, 0.3) is 0 Å². The largest absolute Gasteiger partial charge is 0.332 e. The molecule has 1 aliphatic rings. The summed E-state index contributed by atoms with van der Waals surface area (Å²) in [6.07, 6.45) is 1.58. The molecule has 1 heterocycles. The number of carbonyl (C=O) groups excluding carboxylic acids is 1. The Morgan fingerprint density at radius 2 is 2.11 bits per heavy atom. The topological polar surface area (TPSA) is 41.1 Å². The van der Waals surface area contributed by atoms with Crippen molar-refractivity contribution < 1.29 is 4.79 Å². The zero-order valence-electron chi connectivity index (χ0n) is 10.3. The summed E-state index contributed by atoms with van der Waals surface area (Å²) in [7, 11) is 0. The summed E-state index contributed by atoms with van der Waals surface area (Å²) in [5, 5.41) is 6.40. The maximum atomic E-state index is 11.5. The quantitative estimate of drug-likeness (QED) is 0.892. The summed E-state index contributed by atoms with van der Waals surface area (Å²) in [5.74, 6) is 1.04. The second kappa shape index (κ2) is 6.59. The van der Waals surface area contributed by atoms with Gasteiger partial charge in [0.15, 0.2) is 0 Å². The number of benzene rings is 1. The van der Waals surface area contributed by atoms with Crippen molar-refractivity contribution in [3.63, 3.8) is 0 Å². The molecule has 1 saturated heterocycles. The van der Waals surface area contributed by atoms with Crippen LogP contribution in [0.15, 0.2) is 28.7 Å². The Bertz CT molecular complexity index is 410. The number of rotatable bonds is 4. The van der Waals surface area contributed by atoms with Gasteiger partial charge in [-0.15, -0.1) is 11.8 Å². The van der Waals surface area contributed by atoms with Gasteiger partial charge in [-0.2, -0.15) is 0 Å². The van der Waals surface area contributed by atoms with Crippen LogP contribution in [0.2, 0.25) is 0 Å². The summed E-state index contributed by atoms with van der Waals surface area (Å²) >= 11 is 5.14. The fourth-order valence-electron chi connectivity index (χ4n) is 1.86. The molecule has 2 N–H and O–H groups in total. The zero-order valence-corrected chi connectivity index (χ0v) is 12.7. The third kappa shape index (κ3) is 4.00. The highest BCUT2D eigenvalue weighted by Crippen LogP contribution is 2.20. The Kier molecular flexibility index (Phi) is 5.09.